The Labute approximate surface area is 193 Å². The highest BCUT2D eigenvalue weighted by Crippen LogP contribution is 2.34. The molecule has 0 aromatic heterocycles. The van der Waals surface area contributed by atoms with E-state index >= 15 is 0 Å². The van der Waals surface area contributed by atoms with Gasteiger partial charge in [-0.2, -0.15) is 4.31 Å². The van der Waals surface area contributed by atoms with Crippen molar-refractivity contribution in [3.63, 3.8) is 0 Å². The summed E-state index contributed by atoms with van der Waals surface area (Å²) in [4.78, 5) is 27.3. The lowest BCUT2D eigenvalue weighted by Crippen LogP contribution is -2.39. The molecule has 0 bridgehead atoms. The van der Waals surface area contributed by atoms with Gasteiger partial charge in [-0.25, -0.2) is 8.42 Å². The van der Waals surface area contributed by atoms with Crippen molar-refractivity contribution in [2.45, 2.75) is 50.0 Å². The number of sulfonamides is 1. The molecule has 2 aliphatic heterocycles. The van der Waals surface area contributed by atoms with E-state index in [9.17, 15) is 18.0 Å². The summed E-state index contributed by atoms with van der Waals surface area (Å²) in [6.07, 6.45) is 3.73. The number of benzene rings is 2. The van der Waals surface area contributed by atoms with Gasteiger partial charge < -0.3 is 10.2 Å². The summed E-state index contributed by atoms with van der Waals surface area (Å²) < 4.78 is 28.1. The van der Waals surface area contributed by atoms with E-state index in [4.69, 9.17) is 11.6 Å². The quantitative estimate of drug-likeness (QED) is 0.717. The van der Waals surface area contributed by atoms with Crippen LogP contribution in [0.25, 0.3) is 0 Å². The van der Waals surface area contributed by atoms with E-state index in [1.807, 2.05) is 0 Å². The maximum absolute atomic E-state index is 13.6. The molecule has 0 unspecified atom stereocenters. The predicted molar refractivity (Wildman–Crippen MR) is 125 cm³/mol. The van der Waals surface area contributed by atoms with Crippen molar-refractivity contribution in [1.82, 2.24) is 4.31 Å². The first kappa shape index (κ1) is 22.8. The highest BCUT2D eigenvalue weighted by atomic mass is 35.5. The Morgan fingerprint density at radius 3 is 2.47 bits per heavy atom. The molecule has 2 amide bonds. The number of carbonyl (C=O) groups excluding carboxylic acids is 2. The first-order chi connectivity index (χ1) is 15.3. The molecule has 2 aromatic carbocycles. The number of anilines is 2. The van der Waals surface area contributed by atoms with Crippen LogP contribution in [0.15, 0.2) is 47.4 Å². The summed E-state index contributed by atoms with van der Waals surface area (Å²) in [5.41, 5.74) is 1.32. The van der Waals surface area contributed by atoms with Crippen LogP contribution in [0.5, 0.6) is 0 Å². The second-order valence-electron chi connectivity index (χ2n) is 8.26. The van der Waals surface area contributed by atoms with Crippen molar-refractivity contribution >= 4 is 44.8 Å². The Hall–Kier alpha value is -2.42. The molecule has 170 valence electrons. The fourth-order valence-corrected chi connectivity index (χ4v) is 6.31. The van der Waals surface area contributed by atoms with Crippen LogP contribution in [0.1, 0.15) is 49.4 Å². The van der Waals surface area contributed by atoms with Crippen LogP contribution in [0, 0.1) is 0 Å². The van der Waals surface area contributed by atoms with Crippen LogP contribution in [0.4, 0.5) is 11.4 Å². The molecule has 1 saturated heterocycles. The van der Waals surface area contributed by atoms with Crippen LogP contribution in [0.3, 0.4) is 0 Å². The third kappa shape index (κ3) is 4.40. The summed E-state index contributed by atoms with van der Waals surface area (Å²) in [7, 11) is -3.83. The van der Waals surface area contributed by atoms with Gasteiger partial charge in [0.1, 0.15) is 4.90 Å². The zero-order valence-electron chi connectivity index (χ0n) is 17.9. The molecule has 7 nitrogen and oxygen atoms in total. The topological polar surface area (TPSA) is 86.8 Å². The minimum Gasteiger partial charge on any atom is -0.324 e. The second kappa shape index (κ2) is 9.21. The van der Waals surface area contributed by atoms with E-state index in [0.717, 1.165) is 25.7 Å². The smallest absolute Gasteiger partial charge is 0.258 e. The average molecular weight is 476 g/mol. The summed E-state index contributed by atoms with van der Waals surface area (Å²) in [6, 6.07) is 11.0. The highest BCUT2D eigenvalue weighted by molar-refractivity contribution is 7.89. The molecule has 1 N–H and O–H groups in total. The number of carbonyl (C=O) groups is 2. The normalized spacial score (nSPS) is 20.1. The standard InChI is InChI=1S/C23H26ClN3O4S/c1-16-14-22(28)25-19-8-4-5-9-20(19)27(16)23(29)17-10-11-18(24)21(15-17)32(30,31)26-12-6-2-3-7-13-26/h4-5,8-11,15-16H,2-3,6-7,12-14H2,1H3,(H,25,28)/t16-/m1/s1. The maximum atomic E-state index is 13.6. The first-order valence-electron chi connectivity index (χ1n) is 10.8. The first-order valence-corrected chi connectivity index (χ1v) is 12.6. The van der Waals surface area contributed by atoms with Crippen LogP contribution in [0.2, 0.25) is 5.02 Å². The second-order valence-corrected chi connectivity index (χ2v) is 10.6. The summed E-state index contributed by atoms with van der Waals surface area (Å²) >= 11 is 6.30. The van der Waals surface area contributed by atoms with Gasteiger partial charge in [0.25, 0.3) is 5.91 Å². The third-order valence-corrected chi connectivity index (χ3v) is 8.32. The maximum Gasteiger partial charge on any atom is 0.258 e. The Bertz CT molecular complexity index is 1140. The molecule has 1 fully saturated rings. The number of hydrogen-bond acceptors (Lipinski definition) is 4. The molecule has 32 heavy (non-hydrogen) atoms. The number of hydrogen-bond donors (Lipinski definition) is 1. The van der Waals surface area contributed by atoms with E-state index in [-0.39, 0.29) is 33.7 Å². The molecule has 2 heterocycles. The van der Waals surface area contributed by atoms with Gasteiger partial charge in [-0.1, -0.05) is 36.6 Å². The fourth-order valence-electron chi connectivity index (χ4n) is 4.29. The predicted octanol–water partition coefficient (Wildman–Crippen LogP) is 4.28. The number of halogens is 1. The van der Waals surface area contributed by atoms with Crippen molar-refractivity contribution in [3.05, 3.63) is 53.1 Å². The van der Waals surface area contributed by atoms with Crippen molar-refractivity contribution in [2.24, 2.45) is 0 Å². The molecule has 2 aliphatic rings. The van der Waals surface area contributed by atoms with Crippen molar-refractivity contribution in [2.75, 3.05) is 23.3 Å². The molecule has 4 rings (SSSR count). The highest BCUT2D eigenvalue weighted by Gasteiger charge is 2.32. The summed E-state index contributed by atoms with van der Waals surface area (Å²) in [6.45, 7) is 2.69. The van der Waals surface area contributed by atoms with Crippen molar-refractivity contribution in [1.29, 1.82) is 0 Å². The van der Waals surface area contributed by atoms with Gasteiger partial charge in [-0.05, 0) is 50.1 Å². The van der Waals surface area contributed by atoms with Gasteiger partial charge in [0.2, 0.25) is 15.9 Å². The number of fused-ring (bicyclic) bond motifs is 1. The molecule has 0 aliphatic carbocycles. The molecule has 2 aromatic rings. The van der Waals surface area contributed by atoms with E-state index in [1.165, 1.54) is 22.5 Å². The summed E-state index contributed by atoms with van der Waals surface area (Å²) in [5, 5.41) is 2.92. The molecular formula is C23H26ClN3O4S. The van der Waals surface area contributed by atoms with Gasteiger partial charge in [0.05, 0.1) is 16.4 Å². The van der Waals surface area contributed by atoms with Gasteiger partial charge in [0, 0.05) is 31.1 Å². The third-order valence-electron chi connectivity index (χ3n) is 5.94. The van der Waals surface area contributed by atoms with Gasteiger partial charge in [-0.3, -0.25) is 9.59 Å². The number of nitrogens with one attached hydrogen (secondary N) is 1. The number of para-hydroxylation sites is 2. The van der Waals surface area contributed by atoms with Crippen molar-refractivity contribution < 1.29 is 18.0 Å². The van der Waals surface area contributed by atoms with E-state index in [1.54, 1.807) is 36.1 Å². The monoisotopic (exact) mass is 475 g/mol. The minimum atomic E-state index is -3.83. The Morgan fingerprint density at radius 1 is 1.06 bits per heavy atom. The van der Waals surface area contributed by atoms with E-state index in [0.29, 0.717) is 24.5 Å². The average Bonchev–Trinajstić information content (AvgIpc) is 3.11. The lowest BCUT2D eigenvalue weighted by atomic mass is 10.1. The molecule has 0 radical (unpaired) electrons. The van der Waals surface area contributed by atoms with Crippen molar-refractivity contribution in [3.8, 4) is 0 Å². The van der Waals surface area contributed by atoms with Crippen LogP contribution < -0.4 is 10.2 Å². The number of rotatable bonds is 3. The molecule has 0 spiro atoms. The molecule has 0 saturated carbocycles. The van der Waals surface area contributed by atoms with Crippen LogP contribution in [-0.2, 0) is 14.8 Å². The van der Waals surface area contributed by atoms with Crippen LogP contribution in [-0.4, -0.2) is 43.7 Å². The molecule has 1 atom stereocenters. The fraction of sp³-hybridized carbons (Fsp3) is 0.391. The zero-order valence-corrected chi connectivity index (χ0v) is 19.5. The Morgan fingerprint density at radius 2 is 1.75 bits per heavy atom. The number of nitrogens with zero attached hydrogens (tertiary/aromatic N) is 2. The SMILES string of the molecule is C[C@@H]1CC(=O)Nc2ccccc2N1C(=O)c1ccc(Cl)c(S(=O)(=O)N2CCCCCC2)c1. The minimum absolute atomic E-state index is 0.0584. The van der Waals surface area contributed by atoms with Crippen LogP contribution >= 0.6 is 11.6 Å². The molecule has 9 heteroatoms. The van der Waals surface area contributed by atoms with E-state index < -0.39 is 16.1 Å². The lowest BCUT2D eigenvalue weighted by Gasteiger charge is -2.28. The Kier molecular flexibility index (Phi) is 6.55. The van der Waals surface area contributed by atoms with Gasteiger partial charge >= 0.3 is 0 Å². The summed E-state index contributed by atoms with van der Waals surface area (Å²) in [5.74, 6) is -0.564. The van der Waals surface area contributed by atoms with Gasteiger partial charge in [-0.15, -0.1) is 0 Å². The van der Waals surface area contributed by atoms with Gasteiger partial charge in [0.15, 0.2) is 0 Å². The number of amides is 2. The largest absolute Gasteiger partial charge is 0.324 e. The lowest BCUT2D eigenvalue weighted by molar-refractivity contribution is -0.116. The zero-order chi connectivity index (χ0) is 22.9. The van der Waals surface area contributed by atoms with E-state index in [2.05, 4.69) is 5.32 Å². The molecular weight excluding hydrogens is 450 g/mol. The Balaban J connectivity index is 1.73.